The lowest BCUT2D eigenvalue weighted by Gasteiger charge is -2.45. The van der Waals surface area contributed by atoms with Crippen LogP contribution in [-0.4, -0.2) is 46.0 Å². The summed E-state index contributed by atoms with van der Waals surface area (Å²) < 4.78 is 37.8. The first kappa shape index (κ1) is 22.6. The van der Waals surface area contributed by atoms with Gasteiger partial charge in [0.1, 0.15) is 23.7 Å². The molecule has 7 heteroatoms. The van der Waals surface area contributed by atoms with Gasteiger partial charge in [-0.05, 0) is 58.0 Å². The molecule has 0 radical (unpaired) electrons. The van der Waals surface area contributed by atoms with Crippen LogP contribution in [0.2, 0.25) is 0 Å². The monoisotopic (exact) mass is 432 g/mol. The van der Waals surface area contributed by atoms with E-state index in [0.717, 1.165) is 17.7 Å². The maximum absolute atomic E-state index is 11.6. The van der Waals surface area contributed by atoms with E-state index < -0.39 is 10.0 Å². The number of benzene rings is 2. The Kier molecular flexibility index (Phi) is 7.06. The van der Waals surface area contributed by atoms with E-state index in [-0.39, 0.29) is 36.5 Å². The lowest BCUT2D eigenvalue weighted by atomic mass is 9.76. The first-order valence-electron chi connectivity index (χ1n) is 10.4. The van der Waals surface area contributed by atoms with E-state index in [1.165, 1.54) is 5.56 Å². The first-order valence-corrected chi connectivity index (χ1v) is 12.0. The van der Waals surface area contributed by atoms with Crippen molar-refractivity contribution in [3.05, 3.63) is 59.7 Å². The zero-order valence-corrected chi connectivity index (χ0v) is 19.0. The molecule has 0 amide bonds. The van der Waals surface area contributed by atoms with Crippen molar-refractivity contribution in [1.29, 1.82) is 0 Å². The highest BCUT2D eigenvalue weighted by Crippen LogP contribution is 2.44. The molecular weight excluding hydrogens is 400 g/mol. The summed E-state index contributed by atoms with van der Waals surface area (Å²) in [5.41, 5.74) is 2.01. The largest absolute Gasteiger partial charge is 0.492 e. The summed E-state index contributed by atoms with van der Waals surface area (Å²) in [7, 11) is -1.24. The van der Waals surface area contributed by atoms with Crippen molar-refractivity contribution >= 4 is 10.0 Å². The molecule has 0 fully saturated rings. The van der Waals surface area contributed by atoms with Crippen molar-refractivity contribution in [2.24, 2.45) is 0 Å². The molecule has 0 aromatic heterocycles. The Hall–Kier alpha value is -2.09. The summed E-state index contributed by atoms with van der Waals surface area (Å²) >= 11 is 0. The highest BCUT2D eigenvalue weighted by Gasteiger charge is 2.43. The van der Waals surface area contributed by atoms with Crippen molar-refractivity contribution in [3.63, 3.8) is 0 Å². The predicted molar refractivity (Wildman–Crippen MR) is 120 cm³/mol. The average Bonchev–Trinajstić information content (AvgIpc) is 2.72. The highest BCUT2D eigenvalue weighted by molar-refractivity contribution is 7.89. The maximum atomic E-state index is 11.6. The van der Waals surface area contributed by atoms with Gasteiger partial charge >= 0.3 is 0 Å². The summed E-state index contributed by atoms with van der Waals surface area (Å²) in [6, 6.07) is 16.4. The number of rotatable bonds is 9. The Morgan fingerprint density at radius 2 is 1.87 bits per heavy atom. The normalized spacial score (nSPS) is 20.3. The summed E-state index contributed by atoms with van der Waals surface area (Å²) in [5, 5.41) is 3.46. The fourth-order valence-corrected chi connectivity index (χ4v) is 4.72. The van der Waals surface area contributed by atoms with Crippen LogP contribution < -0.4 is 19.5 Å². The fraction of sp³-hybridized carbons (Fsp3) is 0.478. The molecule has 0 unspecified atom stereocenters. The number of fused-ring (bicyclic) bond motifs is 1. The van der Waals surface area contributed by atoms with Crippen molar-refractivity contribution in [3.8, 4) is 11.5 Å². The number of likely N-dealkylation sites (N-methyl/N-ethyl adjacent to an activating group) is 1. The van der Waals surface area contributed by atoms with Gasteiger partial charge in [0.25, 0.3) is 0 Å². The van der Waals surface area contributed by atoms with Crippen LogP contribution in [0.25, 0.3) is 0 Å². The third kappa shape index (κ3) is 5.33. The van der Waals surface area contributed by atoms with E-state index in [1.54, 1.807) is 6.92 Å². The third-order valence-corrected chi connectivity index (χ3v) is 6.99. The van der Waals surface area contributed by atoms with Crippen LogP contribution in [0, 0.1) is 0 Å². The van der Waals surface area contributed by atoms with Crippen molar-refractivity contribution in [2.45, 2.75) is 44.8 Å². The van der Waals surface area contributed by atoms with Crippen molar-refractivity contribution in [1.82, 2.24) is 10.0 Å². The molecule has 3 rings (SSSR count). The van der Waals surface area contributed by atoms with Crippen LogP contribution in [0.1, 0.15) is 37.8 Å². The van der Waals surface area contributed by atoms with Gasteiger partial charge in [-0.25, -0.2) is 13.1 Å². The molecule has 2 aromatic rings. The van der Waals surface area contributed by atoms with Gasteiger partial charge < -0.3 is 14.8 Å². The topological polar surface area (TPSA) is 76.7 Å². The average molecular weight is 433 g/mol. The molecule has 6 nitrogen and oxygen atoms in total. The smallest absolute Gasteiger partial charge is 0.211 e. The molecule has 164 valence electrons. The molecule has 0 spiro atoms. The Morgan fingerprint density at radius 3 is 2.53 bits per heavy atom. The van der Waals surface area contributed by atoms with Gasteiger partial charge in [-0.15, -0.1) is 0 Å². The van der Waals surface area contributed by atoms with Crippen LogP contribution in [-0.2, 0) is 16.4 Å². The number of hydrogen-bond donors (Lipinski definition) is 2. The second-order valence-corrected chi connectivity index (χ2v) is 10.2. The molecule has 0 saturated heterocycles. The molecule has 2 aromatic carbocycles. The fourth-order valence-electron chi connectivity index (χ4n) is 4.12. The summed E-state index contributed by atoms with van der Waals surface area (Å²) in [6.45, 7) is 6.34. The van der Waals surface area contributed by atoms with Gasteiger partial charge in [0.2, 0.25) is 10.0 Å². The minimum atomic E-state index is -3.21. The van der Waals surface area contributed by atoms with E-state index in [4.69, 9.17) is 9.47 Å². The van der Waals surface area contributed by atoms with Gasteiger partial charge in [-0.2, -0.15) is 0 Å². The molecule has 0 saturated carbocycles. The Balaban J connectivity index is 1.82. The highest BCUT2D eigenvalue weighted by atomic mass is 32.2. The lowest BCUT2D eigenvalue weighted by molar-refractivity contribution is 0.0364. The van der Waals surface area contributed by atoms with Gasteiger partial charge in [0.15, 0.2) is 0 Å². The van der Waals surface area contributed by atoms with E-state index in [0.29, 0.717) is 5.75 Å². The predicted octanol–water partition coefficient (Wildman–Crippen LogP) is 3.09. The molecule has 2 N–H and O–H groups in total. The molecule has 1 heterocycles. The number of sulfonamides is 1. The summed E-state index contributed by atoms with van der Waals surface area (Å²) in [6.07, 6.45) is 0.881. The van der Waals surface area contributed by atoms with Gasteiger partial charge in [0, 0.05) is 18.0 Å². The Morgan fingerprint density at radius 1 is 1.13 bits per heavy atom. The minimum absolute atomic E-state index is 0.0611. The maximum Gasteiger partial charge on any atom is 0.211 e. The zero-order valence-electron chi connectivity index (χ0n) is 18.1. The molecule has 0 bridgehead atoms. The Labute approximate surface area is 180 Å². The molecule has 2 atom stereocenters. The van der Waals surface area contributed by atoms with Crippen LogP contribution in [0.5, 0.6) is 11.5 Å². The SMILES string of the molecule is CCS(=O)(=O)NCCOc1ccc2c(c1)[C@@H](Cc1ccccc1)[C@H](NC)C(C)(C)O2. The quantitative estimate of drug-likeness (QED) is 0.596. The second kappa shape index (κ2) is 9.37. The van der Waals surface area contributed by atoms with Gasteiger partial charge in [-0.3, -0.25) is 0 Å². The number of ether oxygens (including phenoxy) is 2. The van der Waals surface area contributed by atoms with Crippen LogP contribution in [0.4, 0.5) is 0 Å². The molecule has 0 aliphatic carbocycles. The van der Waals surface area contributed by atoms with Crippen LogP contribution in [0.15, 0.2) is 48.5 Å². The molecular formula is C23H32N2O4S. The molecule has 1 aliphatic heterocycles. The second-order valence-electron chi connectivity index (χ2n) is 8.11. The van der Waals surface area contributed by atoms with E-state index in [2.05, 4.69) is 48.2 Å². The van der Waals surface area contributed by atoms with Crippen LogP contribution in [0.3, 0.4) is 0 Å². The van der Waals surface area contributed by atoms with Crippen molar-refractivity contribution < 1.29 is 17.9 Å². The summed E-state index contributed by atoms with van der Waals surface area (Å²) in [5.74, 6) is 1.84. The standard InChI is InChI=1S/C23H32N2O4S/c1-5-30(26,27)25-13-14-28-18-11-12-21-19(16-18)20(15-17-9-7-6-8-10-17)22(24-4)23(2,3)29-21/h6-12,16,20,22,24-25H,5,13-15H2,1-4H3/t20-,22+/m1/s1. The van der Waals surface area contributed by atoms with Crippen molar-refractivity contribution in [2.75, 3.05) is 26.0 Å². The number of hydrogen-bond acceptors (Lipinski definition) is 5. The van der Waals surface area contributed by atoms with E-state index in [1.807, 2.05) is 31.3 Å². The van der Waals surface area contributed by atoms with E-state index >= 15 is 0 Å². The number of nitrogens with one attached hydrogen (secondary N) is 2. The first-order chi connectivity index (χ1) is 14.3. The van der Waals surface area contributed by atoms with Gasteiger partial charge in [0.05, 0.1) is 11.8 Å². The zero-order chi connectivity index (χ0) is 21.8. The third-order valence-electron chi connectivity index (χ3n) is 5.59. The molecule has 30 heavy (non-hydrogen) atoms. The van der Waals surface area contributed by atoms with Gasteiger partial charge in [-0.1, -0.05) is 30.3 Å². The van der Waals surface area contributed by atoms with Crippen LogP contribution >= 0.6 is 0 Å². The summed E-state index contributed by atoms with van der Waals surface area (Å²) in [4.78, 5) is 0. The minimum Gasteiger partial charge on any atom is -0.492 e. The lowest BCUT2D eigenvalue weighted by Crippen LogP contribution is -2.55. The van der Waals surface area contributed by atoms with E-state index in [9.17, 15) is 8.42 Å². The Bertz CT molecular complexity index is 945. The molecule has 1 aliphatic rings.